The zero-order valence-corrected chi connectivity index (χ0v) is 10.7. The second-order valence-electron chi connectivity index (χ2n) is 4.77. The molecule has 0 atom stereocenters. The first-order valence-corrected chi connectivity index (χ1v) is 6.42. The van der Waals surface area contributed by atoms with Crippen LogP contribution in [-0.4, -0.2) is 30.4 Å². The van der Waals surface area contributed by atoms with E-state index < -0.39 is 0 Å². The second-order valence-corrected chi connectivity index (χ2v) is 4.77. The number of hydrogen-bond donors (Lipinski definition) is 1. The van der Waals surface area contributed by atoms with Gasteiger partial charge in [0, 0.05) is 19.5 Å². The van der Waals surface area contributed by atoms with Gasteiger partial charge in [0.15, 0.2) is 0 Å². The standard InChI is InChI=1S/C14H19FN2O/c1-2-17(14(18)7-12-8-16-9-12)10-11-4-3-5-13(15)6-11/h3-6,12,16H,2,7-10H2,1H3. The maximum Gasteiger partial charge on any atom is 0.223 e. The third-order valence-electron chi connectivity index (χ3n) is 3.33. The number of benzene rings is 1. The van der Waals surface area contributed by atoms with E-state index in [-0.39, 0.29) is 11.7 Å². The summed E-state index contributed by atoms with van der Waals surface area (Å²) in [5, 5.41) is 3.16. The van der Waals surface area contributed by atoms with Crippen LogP contribution in [0.1, 0.15) is 18.9 Å². The molecule has 1 aliphatic rings. The minimum Gasteiger partial charge on any atom is -0.339 e. The van der Waals surface area contributed by atoms with E-state index >= 15 is 0 Å². The number of hydrogen-bond acceptors (Lipinski definition) is 2. The van der Waals surface area contributed by atoms with Gasteiger partial charge in [0.1, 0.15) is 5.82 Å². The summed E-state index contributed by atoms with van der Waals surface area (Å²) in [4.78, 5) is 13.9. The third-order valence-corrected chi connectivity index (χ3v) is 3.33. The van der Waals surface area contributed by atoms with Crippen LogP contribution in [0.25, 0.3) is 0 Å². The summed E-state index contributed by atoms with van der Waals surface area (Å²) in [6.45, 7) is 4.98. The number of halogens is 1. The van der Waals surface area contributed by atoms with Crippen LogP contribution in [0.5, 0.6) is 0 Å². The first kappa shape index (κ1) is 13.0. The van der Waals surface area contributed by atoms with E-state index in [2.05, 4.69) is 5.32 Å². The van der Waals surface area contributed by atoms with E-state index in [0.717, 1.165) is 18.7 Å². The number of rotatable bonds is 5. The van der Waals surface area contributed by atoms with Crippen LogP contribution >= 0.6 is 0 Å². The summed E-state index contributed by atoms with van der Waals surface area (Å²) in [5.74, 6) is 0.381. The summed E-state index contributed by atoms with van der Waals surface area (Å²) in [5.41, 5.74) is 0.844. The molecule has 1 heterocycles. The van der Waals surface area contributed by atoms with Crippen LogP contribution in [-0.2, 0) is 11.3 Å². The van der Waals surface area contributed by atoms with Crippen molar-refractivity contribution < 1.29 is 9.18 Å². The largest absolute Gasteiger partial charge is 0.339 e. The van der Waals surface area contributed by atoms with Crippen molar-refractivity contribution in [2.45, 2.75) is 19.9 Å². The lowest BCUT2D eigenvalue weighted by Gasteiger charge is -2.29. The fourth-order valence-corrected chi connectivity index (χ4v) is 2.10. The van der Waals surface area contributed by atoms with Gasteiger partial charge in [0.25, 0.3) is 0 Å². The predicted molar refractivity (Wildman–Crippen MR) is 68.5 cm³/mol. The van der Waals surface area contributed by atoms with Gasteiger partial charge in [-0.3, -0.25) is 4.79 Å². The molecule has 3 nitrogen and oxygen atoms in total. The Morgan fingerprint density at radius 3 is 2.83 bits per heavy atom. The van der Waals surface area contributed by atoms with E-state index in [1.54, 1.807) is 11.0 Å². The van der Waals surface area contributed by atoms with Crippen molar-refractivity contribution in [3.8, 4) is 0 Å². The lowest BCUT2D eigenvalue weighted by molar-refractivity contribution is -0.133. The van der Waals surface area contributed by atoms with Gasteiger partial charge in [-0.05, 0) is 43.6 Å². The van der Waals surface area contributed by atoms with E-state index in [9.17, 15) is 9.18 Å². The van der Waals surface area contributed by atoms with Gasteiger partial charge in [-0.2, -0.15) is 0 Å². The second kappa shape index (κ2) is 5.96. The SMILES string of the molecule is CCN(Cc1cccc(F)c1)C(=O)CC1CNC1. The predicted octanol–water partition coefficient (Wildman–Crippen LogP) is 1.78. The molecule has 1 amide bonds. The van der Waals surface area contributed by atoms with E-state index in [4.69, 9.17) is 0 Å². The quantitative estimate of drug-likeness (QED) is 0.864. The molecule has 1 saturated heterocycles. The molecule has 4 heteroatoms. The Labute approximate surface area is 107 Å². The smallest absolute Gasteiger partial charge is 0.223 e. The van der Waals surface area contributed by atoms with E-state index in [1.807, 2.05) is 13.0 Å². The summed E-state index contributed by atoms with van der Waals surface area (Å²) in [7, 11) is 0. The molecule has 2 rings (SSSR count). The monoisotopic (exact) mass is 250 g/mol. The molecule has 0 aromatic heterocycles. The molecule has 1 N–H and O–H groups in total. The molecule has 1 aromatic rings. The van der Waals surface area contributed by atoms with Crippen LogP contribution in [0, 0.1) is 11.7 Å². The van der Waals surface area contributed by atoms with Gasteiger partial charge in [0.05, 0.1) is 0 Å². The molecular weight excluding hydrogens is 231 g/mol. The van der Waals surface area contributed by atoms with Gasteiger partial charge in [0.2, 0.25) is 5.91 Å². The highest BCUT2D eigenvalue weighted by atomic mass is 19.1. The molecule has 0 bridgehead atoms. The zero-order valence-electron chi connectivity index (χ0n) is 10.7. The van der Waals surface area contributed by atoms with Crippen molar-refractivity contribution in [2.24, 2.45) is 5.92 Å². The van der Waals surface area contributed by atoms with Crippen LogP contribution < -0.4 is 5.32 Å². The van der Waals surface area contributed by atoms with Crippen molar-refractivity contribution in [1.82, 2.24) is 10.2 Å². The minimum atomic E-state index is -0.251. The molecule has 1 aromatic carbocycles. The fourth-order valence-electron chi connectivity index (χ4n) is 2.10. The zero-order chi connectivity index (χ0) is 13.0. The Bertz CT molecular complexity index is 418. The van der Waals surface area contributed by atoms with E-state index in [0.29, 0.717) is 25.4 Å². The average Bonchev–Trinajstić information content (AvgIpc) is 2.30. The highest BCUT2D eigenvalue weighted by molar-refractivity contribution is 5.76. The summed E-state index contributed by atoms with van der Waals surface area (Å²) in [6, 6.07) is 6.44. The van der Waals surface area contributed by atoms with Crippen molar-refractivity contribution in [3.63, 3.8) is 0 Å². The Morgan fingerprint density at radius 2 is 2.28 bits per heavy atom. The molecule has 0 saturated carbocycles. The number of nitrogens with zero attached hydrogens (tertiary/aromatic N) is 1. The van der Waals surface area contributed by atoms with E-state index in [1.165, 1.54) is 12.1 Å². The van der Waals surface area contributed by atoms with Crippen molar-refractivity contribution >= 4 is 5.91 Å². The molecule has 1 fully saturated rings. The molecule has 0 aliphatic carbocycles. The van der Waals surface area contributed by atoms with Crippen LogP contribution in [0.3, 0.4) is 0 Å². The third kappa shape index (κ3) is 3.29. The molecule has 18 heavy (non-hydrogen) atoms. The van der Waals surface area contributed by atoms with Crippen LogP contribution in [0.4, 0.5) is 4.39 Å². The Hall–Kier alpha value is -1.42. The average molecular weight is 250 g/mol. The Balaban J connectivity index is 1.93. The first-order chi connectivity index (χ1) is 8.69. The molecule has 1 aliphatic heterocycles. The number of carbonyl (C=O) groups is 1. The van der Waals surface area contributed by atoms with Crippen molar-refractivity contribution in [1.29, 1.82) is 0 Å². The molecular formula is C14H19FN2O. The minimum absolute atomic E-state index is 0.160. The topological polar surface area (TPSA) is 32.3 Å². The molecule has 0 spiro atoms. The number of carbonyl (C=O) groups excluding carboxylic acids is 1. The van der Waals surface area contributed by atoms with Crippen LogP contribution in [0.15, 0.2) is 24.3 Å². The molecule has 0 radical (unpaired) electrons. The Kier molecular flexibility index (Phi) is 4.31. The van der Waals surface area contributed by atoms with Crippen molar-refractivity contribution in [2.75, 3.05) is 19.6 Å². The summed E-state index contributed by atoms with van der Waals surface area (Å²) < 4.78 is 13.1. The highest BCUT2D eigenvalue weighted by Crippen LogP contribution is 2.13. The van der Waals surface area contributed by atoms with Gasteiger partial charge < -0.3 is 10.2 Å². The van der Waals surface area contributed by atoms with Crippen LogP contribution in [0.2, 0.25) is 0 Å². The lowest BCUT2D eigenvalue weighted by Crippen LogP contribution is -2.45. The van der Waals surface area contributed by atoms with Gasteiger partial charge in [-0.15, -0.1) is 0 Å². The lowest BCUT2D eigenvalue weighted by atomic mass is 9.98. The maximum atomic E-state index is 13.1. The van der Waals surface area contributed by atoms with Gasteiger partial charge in [-0.1, -0.05) is 12.1 Å². The summed E-state index contributed by atoms with van der Waals surface area (Å²) in [6.07, 6.45) is 0.593. The van der Waals surface area contributed by atoms with Gasteiger partial charge >= 0.3 is 0 Å². The Morgan fingerprint density at radius 1 is 1.50 bits per heavy atom. The van der Waals surface area contributed by atoms with Crippen molar-refractivity contribution in [3.05, 3.63) is 35.6 Å². The molecule has 0 unspecified atom stereocenters. The normalized spacial score (nSPS) is 15.2. The fraction of sp³-hybridized carbons (Fsp3) is 0.500. The first-order valence-electron chi connectivity index (χ1n) is 6.42. The number of nitrogens with one attached hydrogen (secondary N) is 1. The highest BCUT2D eigenvalue weighted by Gasteiger charge is 2.22. The van der Waals surface area contributed by atoms with Gasteiger partial charge in [-0.25, -0.2) is 4.39 Å². The maximum absolute atomic E-state index is 13.1. The molecule has 98 valence electrons. The number of amides is 1. The summed E-state index contributed by atoms with van der Waals surface area (Å²) >= 11 is 0.